The predicted molar refractivity (Wildman–Crippen MR) is 112 cm³/mol. The molecule has 6 nitrogen and oxygen atoms in total. The molecule has 0 atom stereocenters. The van der Waals surface area contributed by atoms with Gasteiger partial charge in [-0.3, -0.25) is 9.10 Å². The van der Waals surface area contributed by atoms with Crippen molar-refractivity contribution >= 4 is 38.6 Å². The van der Waals surface area contributed by atoms with Crippen LogP contribution >= 0.6 is 11.3 Å². The lowest BCUT2D eigenvalue weighted by Gasteiger charge is -2.23. The van der Waals surface area contributed by atoms with Gasteiger partial charge < -0.3 is 10.1 Å². The van der Waals surface area contributed by atoms with Gasteiger partial charge in [-0.25, -0.2) is 8.42 Å². The second kappa shape index (κ2) is 8.45. The van der Waals surface area contributed by atoms with Crippen LogP contribution in [0.15, 0.2) is 70.3 Å². The van der Waals surface area contributed by atoms with Crippen LogP contribution in [0.1, 0.15) is 5.56 Å². The summed E-state index contributed by atoms with van der Waals surface area (Å²) in [6, 6.07) is 17.1. The third-order valence-corrected chi connectivity index (χ3v) is 7.15. The maximum absolute atomic E-state index is 13.1. The molecule has 2 aromatic carbocycles. The summed E-state index contributed by atoms with van der Waals surface area (Å²) in [4.78, 5) is 12.6. The number of benzene rings is 2. The zero-order valence-electron chi connectivity index (χ0n) is 15.5. The summed E-state index contributed by atoms with van der Waals surface area (Å²) < 4.78 is 32.7. The highest BCUT2D eigenvalue weighted by molar-refractivity contribution is 7.94. The van der Waals surface area contributed by atoms with E-state index in [0.717, 1.165) is 21.2 Å². The number of anilines is 2. The van der Waals surface area contributed by atoms with Crippen LogP contribution in [-0.2, 0) is 14.8 Å². The maximum Gasteiger partial charge on any atom is 0.274 e. The molecule has 0 bridgehead atoms. The number of nitrogens with one attached hydrogen (secondary N) is 1. The molecule has 1 amide bonds. The summed E-state index contributed by atoms with van der Waals surface area (Å²) in [6.45, 7) is 1.57. The molecule has 28 heavy (non-hydrogen) atoms. The van der Waals surface area contributed by atoms with E-state index < -0.39 is 15.9 Å². The van der Waals surface area contributed by atoms with Gasteiger partial charge in [-0.05, 0) is 42.6 Å². The molecule has 0 spiro atoms. The van der Waals surface area contributed by atoms with Crippen molar-refractivity contribution < 1.29 is 17.9 Å². The van der Waals surface area contributed by atoms with Gasteiger partial charge in [-0.1, -0.05) is 29.8 Å². The van der Waals surface area contributed by atoms with Crippen LogP contribution in [0.3, 0.4) is 0 Å². The molecule has 0 unspecified atom stereocenters. The van der Waals surface area contributed by atoms with Crippen LogP contribution < -0.4 is 14.4 Å². The number of aryl methyl sites for hydroxylation is 1. The van der Waals surface area contributed by atoms with Gasteiger partial charge in [0.05, 0.1) is 12.8 Å². The molecule has 0 fully saturated rings. The van der Waals surface area contributed by atoms with Crippen LogP contribution in [0.25, 0.3) is 0 Å². The van der Waals surface area contributed by atoms with Crippen molar-refractivity contribution in [3.05, 3.63) is 71.6 Å². The van der Waals surface area contributed by atoms with Crippen molar-refractivity contribution in [1.29, 1.82) is 0 Å². The molecule has 8 heteroatoms. The summed E-state index contributed by atoms with van der Waals surface area (Å²) in [5, 5.41) is 4.41. The van der Waals surface area contributed by atoms with Crippen LogP contribution in [0.5, 0.6) is 5.75 Å². The number of nitrogens with zero attached hydrogens (tertiary/aromatic N) is 1. The number of thiophene rings is 1. The fourth-order valence-electron chi connectivity index (χ4n) is 2.58. The summed E-state index contributed by atoms with van der Waals surface area (Å²) in [7, 11) is -2.32. The van der Waals surface area contributed by atoms with Crippen molar-refractivity contribution in [3.8, 4) is 5.75 Å². The van der Waals surface area contributed by atoms with E-state index in [-0.39, 0.29) is 10.8 Å². The Balaban J connectivity index is 1.88. The Morgan fingerprint density at radius 2 is 1.86 bits per heavy atom. The standard InChI is InChI=1S/C20H20N2O4S2/c1-15-8-10-17(11-9-15)22(28(24,25)20-7-4-12-27-20)14-19(23)21-16-5-3-6-18(13-16)26-2/h3-13H,14H2,1-2H3,(H,21,23). The van der Waals surface area contributed by atoms with Crippen molar-refractivity contribution in [2.75, 3.05) is 23.3 Å². The molecule has 0 aliphatic heterocycles. The van der Waals surface area contributed by atoms with Crippen molar-refractivity contribution in [2.24, 2.45) is 0 Å². The van der Waals surface area contributed by atoms with Crippen LogP contribution in [0.4, 0.5) is 11.4 Å². The molecule has 1 N–H and O–H groups in total. The number of methoxy groups -OCH3 is 1. The number of amides is 1. The number of rotatable bonds is 7. The van der Waals surface area contributed by atoms with E-state index in [9.17, 15) is 13.2 Å². The van der Waals surface area contributed by atoms with E-state index in [2.05, 4.69) is 5.32 Å². The van der Waals surface area contributed by atoms with E-state index in [1.54, 1.807) is 47.8 Å². The molecule has 0 saturated carbocycles. The molecule has 3 rings (SSSR count). The topological polar surface area (TPSA) is 75.7 Å². The summed E-state index contributed by atoms with van der Waals surface area (Å²) in [5.41, 5.74) is 1.96. The Morgan fingerprint density at radius 1 is 1.11 bits per heavy atom. The second-order valence-electron chi connectivity index (χ2n) is 6.06. The van der Waals surface area contributed by atoms with E-state index in [4.69, 9.17) is 4.74 Å². The van der Waals surface area contributed by atoms with Gasteiger partial charge in [-0.2, -0.15) is 0 Å². The molecule has 0 radical (unpaired) electrons. The second-order valence-corrected chi connectivity index (χ2v) is 9.10. The van der Waals surface area contributed by atoms with Gasteiger partial charge in [0.1, 0.15) is 16.5 Å². The first-order valence-electron chi connectivity index (χ1n) is 8.47. The third kappa shape index (κ3) is 4.52. The van der Waals surface area contributed by atoms with Gasteiger partial charge in [0.2, 0.25) is 5.91 Å². The minimum Gasteiger partial charge on any atom is -0.497 e. The molecule has 146 valence electrons. The number of carbonyl (C=O) groups is 1. The fourth-order valence-corrected chi connectivity index (χ4v) is 5.10. The molecule has 0 saturated heterocycles. The first-order chi connectivity index (χ1) is 13.4. The average molecular weight is 417 g/mol. The van der Waals surface area contributed by atoms with Gasteiger partial charge in [0, 0.05) is 11.8 Å². The molecule has 3 aromatic rings. The summed E-state index contributed by atoms with van der Waals surface area (Å²) in [5.74, 6) is 0.147. The highest BCUT2D eigenvalue weighted by Crippen LogP contribution is 2.27. The van der Waals surface area contributed by atoms with Crippen LogP contribution in [-0.4, -0.2) is 28.0 Å². The van der Waals surface area contributed by atoms with Crippen molar-refractivity contribution in [2.45, 2.75) is 11.1 Å². The molecular weight excluding hydrogens is 396 g/mol. The minimum absolute atomic E-state index is 0.183. The van der Waals surface area contributed by atoms with Gasteiger partial charge in [0.15, 0.2) is 0 Å². The summed E-state index contributed by atoms with van der Waals surface area (Å²) >= 11 is 1.11. The lowest BCUT2D eigenvalue weighted by atomic mass is 10.2. The molecule has 1 heterocycles. The molecular formula is C20H20N2O4S2. The monoisotopic (exact) mass is 416 g/mol. The fraction of sp³-hybridized carbons (Fsp3) is 0.150. The molecule has 0 aliphatic carbocycles. The van der Waals surface area contributed by atoms with Gasteiger partial charge >= 0.3 is 0 Å². The third-order valence-electron chi connectivity index (χ3n) is 4.00. The van der Waals surface area contributed by atoms with E-state index in [1.165, 1.54) is 13.2 Å². The number of sulfonamides is 1. The van der Waals surface area contributed by atoms with Gasteiger partial charge in [-0.15, -0.1) is 11.3 Å². The normalized spacial score (nSPS) is 11.1. The Labute approximate surface area is 168 Å². The molecule has 1 aromatic heterocycles. The van der Waals surface area contributed by atoms with E-state index in [1.807, 2.05) is 19.1 Å². The number of ether oxygens (including phenoxy) is 1. The Kier molecular flexibility index (Phi) is 6.01. The minimum atomic E-state index is -3.86. The zero-order chi connectivity index (χ0) is 20.1. The van der Waals surface area contributed by atoms with Crippen LogP contribution in [0.2, 0.25) is 0 Å². The first kappa shape index (κ1) is 19.9. The molecule has 0 aliphatic rings. The summed E-state index contributed by atoms with van der Waals surface area (Å²) in [6.07, 6.45) is 0. The van der Waals surface area contributed by atoms with Crippen molar-refractivity contribution in [1.82, 2.24) is 0 Å². The van der Waals surface area contributed by atoms with E-state index in [0.29, 0.717) is 17.1 Å². The average Bonchev–Trinajstić information content (AvgIpc) is 3.23. The first-order valence-corrected chi connectivity index (χ1v) is 10.8. The highest BCUT2D eigenvalue weighted by atomic mass is 32.2. The number of hydrogen-bond donors (Lipinski definition) is 1. The quantitative estimate of drug-likeness (QED) is 0.634. The predicted octanol–water partition coefficient (Wildman–Crippen LogP) is 3.90. The lowest BCUT2D eigenvalue weighted by molar-refractivity contribution is -0.114. The highest BCUT2D eigenvalue weighted by Gasteiger charge is 2.28. The Hall–Kier alpha value is -2.84. The van der Waals surface area contributed by atoms with E-state index >= 15 is 0 Å². The van der Waals surface area contributed by atoms with Gasteiger partial charge in [0.25, 0.3) is 10.0 Å². The zero-order valence-corrected chi connectivity index (χ0v) is 17.1. The SMILES string of the molecule is COc1cccc(NC(=O)CN(c2ccc(C)cc2)S(=O)(=O)c2cccs2)c1. The van der Waals surface area contributed by atoms with Crippen molar-refractivity contribution in [3.63, 3.8) is 0 Å². The Morgan fingerprint density at radius 3 is 2.50 bits per heavy atom. The largest absolute Gasteiger partial charge is 0.497 e. The number of hydrogen-bond acceptors (Lipinski definition) is 5. The lowest BCUT2D eigenvalue weighted by Crippen LogP contribution is -2.37. The Bertz CT molecular complexity index is 1050. The van der Waals surface area contributed by atoms with Crippen LogP contribution in [0, 0.1) is 6.92 Å². The smallest absolute Gasteiger partial charge is 0.274 e. The number of carbonyl (C=O) groups excluding carboxylic acids is 1. The maximum atomic E-state index is 13.1.